The van der Waals surface area contributed by atoms with E-state index in [-0.39, 0.29) is 12.1 Å². The first-order chi connectivity index (χ1) is 9.72. The fraction of sp³-hybridized carbons (Fsp3) is 0.667. The van der Waals surface area contributed by atoms with Crippen molar-refractivity contribution in [3.05, 3.63) is 35.9 Å². The average Bonchev–Trinajstić information content (AvgIpc) is 2.51. The van der Waals surface area contributed by atoms with Crippen LogP contribution in [-0.4, -0.2) is 12.7 Å². The number of hydrogen-bond acceptors (Lipinski definition) is 2. The van der Waals surface area contributed by atoms with Crippen molar-refractivity contribution in [3.8, 4) is 0 Å². The van der Waals surface area contributed by atoms with Gasteiger partial charge in [-0.25, -0.2) is 0 Å². The summed E-state index contributed by atoms with van der Waals surface area (Å²) in [7, 11) is 0. The number of ether oxygens (including phenoxy) is 1. The van der Waals surface area contributed by atoms with Crippen molar-refractivity contribution < 1.29 is 4.74 Å². The molecule has 0 aromatic heterocycles. The molecule has 2 nitrogen and oxygen atoms in total. The Morgan fingerprint density at radius 2 is 1.75 bits per heavy atom. The van der Waals surface area contributed by atoms with Crippen molar-refractivity contribution in [3.63, 3.8) is 0 Å². The predicted molar refractivity (Wildman–Crippen MR) is 86.7 cm³/mol. The van der Waals surface area contributed by atoms with Crippen LogP contribution in [0.25, 0.3) is 0 Å². The van der Waals surface area contributed by atoms with Crippen molar-refractivity contribution in [2.45, 2.75) is 65.0 Å². The smallest absolute Gasteiger partial charge is 0.0765 e. The zero-order valence-electron chi connectivity index (χ0n) is 13.3. The lowest BCUT2D eigenvalue weighted by atomic mass is 9.98. The summed E-state index contributed by atoms with van der Waals surface area (Å²) in [5, 5.41) is 0. The first-order valence-corrected chi connectivity index (χ1v) is 8.14. The standard InChI is InChI=1S/C18H31NO/c1-4-7-11-15(5-2)14-20-17(6-3)18(19)16-12-9-8-10-13-16/h8-10,12-13,15,17-18H,4-7,11,14,19H2,1-3H3. The molecule has 2 N–H and O–H groups in total. The molecule has 114 valence electrons. The molecule has 0 bridgehead atoms. The van der Waals surface area contributed by atoms with E-state index in [9.17, 15) is 0 Å². The van der Waals surface area contributed by atoms with Crippen molar-refractivity contribution in [1.82, 2.24) is 0 Å². The molecule has 0 amide bonds. The van der Waals surface area contributed by atoms with Crippen LogP contribution in [0.3, 0.4) is 0 Å². The molecule has 0 aliphatic heterocycles. The maximum atomic E-state index is 6.35. The Morgan fingerprint density at radius 3 is 2.30 bits per heavy atom. The summed E-state index contributed by atoms with van der Waals surface area (Å²) in [6, 6.07) is 10.3. The molecule has 1 rings (SSSR count). The summed E-state index contributed by atoms with van der Waals surface area (Å²) in [5.74, 6) is 0.673. The van der Waals surface area contributed by atoms with Crippen LogP contribution >= 0.6 is 0 Å². The molecule has 1 aromatic rings. The van der Waals surface area contributed by atoms with Crippen LogP contribution in [0.5, 0.6) is 0 Å². The maximum Gasteiger partial charge on any atom is 0.0765 e. The van der Waals surface area contributed by atoms with Crippen molar-refractivity contribution in [1.29, 1.82) is 0 Å². The van der Waals surface area contributed by atoms with Gasteiger partial charge in [0.25, 0.3) is 0 Å². The SMILES string of the molecule is CCCCC(CC)COC(CC)C(N)c1ccccc1. The lowest BCUT2D eigenvalue weighted by molar-refractivity contribution is 0.00840. The van der Waals surface area contributed by atoms with E-state index in [1.807, 2.05) is 18.2 Å². The molecule has 0 aliphatic carbocycles. The molecular formula is C18H31NO. The van der Waals surface area contributed by atoms with Gasteiger partial charge < -0.3 is 10.5 Å². The molecule has 0 spiro atoms. The molecule has 0 aliphatic rings. The first kappa shape index (κ1) is 17.2. The number of benzene rings is 1. The van der Waals surface area contributed by atoms with Crippen LogP contribution in [0.1, 0.15) is 64.5 Å². The van der Waals surface area contributed by atoms with E-state index in [1.54, 1.807) is 0 Å². The molecule has 20 heavy (non-hydrogen) atoms. The van der Waals surface area contributed by atoms with E-state index in [4.69, 9.17) is 10.5 Å². The predicted octanol–water partition coefficient (Wildman–Crippen LogP) is 4.70. The summed E-state index contributed by atoms with van der Waals surface area (Å²) in [4.78, 5) is 0. The zero-order chi connectivity index (χ0) is 14.8. The van der Waals surface area contributed by atoms with Gasteiger partial charge in [0.1, 0.15) is 0 Å². The molecule has 0 radical (unpaired) electrons. The van der Waals surface area contributed by atoms with Gasteiger partial charge in [-0.2, -0.15) is 0 Å². The molecule has 0 heterocycles. The highest BCUT2D eigenvalue weighted by atomic mass is 16.5. The highest BCUT2D eigenvalue weighted by molar-refractivity contribution is 5.19. The highest BCUT2D eigenvalue weighted by Gasteiger charge is 2.19. The Labute approximate surface area is 124 Å². The van der Waals surface area contributed by atoms with E-state index >= 15 is 0 Å². The largest absolute Gasteiger partial charge is 0.376 e. The van der Waals surface area contributed by atoms with Crippen molar-refractivity contribution in [2.24, 2.45) is 11.7 Å². The number of nitrogens with two attached hydrogens (primary N) is 1. The molecule has 3 atom stereocenters. The Bertz CT molecular complexity index is 339. The first-order valence-electron chi connectivity index (χ1n) is 8.14. The van der Waals surface area contributed by atoms with Gasteiger partial charge in [0, 0.05) is 6.61 Å². The Balaban J connectivity index is 2.49. The average molecular weight is 277 g/mol. The minimum Gasteiger partial charge on any atom is -0.376 e. The van der Waals surface area contributed by atoms with Crippen LogP contribution in [0.15, 0.2) is 30.3 Å². The van der Waals surface area contributed by atoms with Gasteiger partial charge in [-0.05, 0) is 24.3 Å². The van der Waals surface area contributed by atoms with Gasteiger partial charge in [0.15, 0.2) is 0 Å². The number of rotatable bonds is 10. The third-order valence-electron chi connectivity index (χ3n) is 4.08. The van der Waals surface area contributed by atoms with Gasteiger partial charge in [-0.15, -0.1) is 0 Å². The highest BCUT2D eigenvalue weighted by Crippen LogP contribution is 2.21. The minimum atomic E-state index is -0.0233. The van der Waals surface area contributed by atoms with Crippen molar-refractivity contribution in [2.75, 3.05) is 6.61 Å². The molecule has 0 saturated carbocycles. The minimum absolute atomic E-state index is 0.0233. The van der Waals surface area contributed by atoms with E-state index in [1.165, 1.54) is 31.2 Å². The van der Waals surface area contributed by atoms with Gasteiger partial charge in [-0.3, -0.25) is 0 Å². The lowest BCUT2D eigenvalue weighted by Crippen LogP contribution is -2.30. The fourth-order valence-corrected chi connectivity index (χ4v) is 2.52. The normalized spacial score (nSPS) is 15.8. The monoisotopic (exact) mass is 277 g/mol. The van der Waals surface area contributed by atoms with Crippen LogP contribution in [0.2, 0.25) is 0 Å². The van der Waals surface area contributed by atoms with Crippen LogP contribution in [0.4, 0.5) is 0 Å². The van der Waals surface area contributed by atoms with Crippen LogP contribution in [0, 0.1) is 5.92 Å². The summed E-state index contributed by atoms with van der Waals surface area (Å²) < 4.78 is 6.13. The topological polar surface area (TPSA) is 35.2 Å². The van der Waals surface area contributed by atoms with E-state index < -0.39 is 0 Å². The Morgan fingerprint density at radius 1 is 1.05 bits per heavy atom. The van der Waals surface area contributed by atoms with Gasteiger partial charge in [-0.1, -0.05) is 70.4 Å². The molecular weight excluding hydrogens is 246 g/mol. The summed E-state index contributed by atoms with van der Waals surface area (Å²) >= 11 is 0. The third-order valence-corrected chi connectivity index (χ3v) is 4.08. The van der Waals surface area contributed by atoms with E-state index in [0.717, 1.165) is 13.0 Å². The van der Waals surface area contributed by atoms with Gasteiger partial charge in [0.05, 0.1) is 12.1 Å². The molecule has 2 heteroatoms. The number of hydrogen-bond donors (Lipinski definition) is 1. The van der Waals surface area contributed by atoms with Gasteiger partial charge in [0.2, 0.25) is 0 Å². The Kier molecular flexibility index (Phi) is 8.56. The summed E-state index contributed by atoms with van der Waals surface area (Å²) in [5.41, 5.74) is 7.52. The second-order valence-electron chi connectivity index (χ2n) is 5.63. The third kappa shape index (κ3) is 5.64. The Hall–Kier alpha value is -0.860. The zero-order valence-corrected chi connectivity index (χ0v) is 13.3. The van der Waals surface area contributed by atoms with Crippen molar-refractivity contribution >= 4 is 0 Å². The molecule has 3 unspecified atom stereocenters. The molecule has 1 aromatic carbocycles. The van der Waals surface area contributed by atoms with E-state index in [0.29, 0.717) is 5.92 Å². The van der Waals surface area contributed by atoms with Crippen LogP contribution in [-0.2, 0) is 4.74 Å². The molecule has 0 fully saturated rings. The fourth-order valence-electron chi connectivity index (χ4n) is 2.52. The van der Waals surface area contributed by atoms with Crippen LogP contribution < -0.4 is 5.73 Å². The quantitative estimate of drug-likeness (QED) is 0.673. The second kappa shape index (κ2) is 9.95. The summed E-state index contributed by atoms with van der Waals surface area (Å²) in [6.45, 7) is 7.49. The van der Waals surface area contributed by atoms with E-state index in [2.05, 4.69) is 32.9 Å². The number of unbranched alkanes of at least 4 members (excludes halogenated alkanes) is 1. The molecule has 0 saturated heterocycles. The summed E-state index contributed by atoms with van der Waals surface area (Å²) in [6.07, 6.45) is 6.09. The maximum absolute atomic E-state index is 6.35. The second-order valence-corrected chi connectivity index (χ2v) is 5.63. The lowest BCUT2D eigenvalue weighted by Gasteiger charge is -2.26. The van der Waals surface area contributed by atoms with Gasteiger partial charge >= 0.3 is 0 Å².